The Morgan fingerprint density at radius 1 is 1.26 bits per heavy atom. The second-order valence-electron chi connectivity index (χ2n) is 7.08. The predicted octanol–water partition coefficient (Wildman–Crippen LogP) is 1.30. The molecule has 0 aliphatic carbocycles. The van der Waals surface area contributed by atoms with E-state index in [-0.39, 0.29) is 11.9 Å². The summed E-state index contributed by atoms with van der Waals surface area (Å²) < 4.78 is 0. The van der Waals surface area contributed by atoms with Crippen molar-refractivity contribution < 1.29 is 9.90 Å². The number of thiophene rings is 1. The molecule has 2 fully saturated rings. The van der Waals surface area contributed by atoms with Gasteiger partial charge in [-0.05, 0) is 19.0 Å². The normalized spacial score (nSPS) is 27.1. The molecule has 1 aromatic heterocycles. The number of carbonyl (C=O) groups is 1. The molecular formula is C17H27N3O2S. The second-order valence-corrected chi connectivity index (χ2v) is 8.02. The number of aliphatic hydroxyl groups is 1. The molecule has 3 heterocycles. The number of carbonyl (C=O) groups excluding carboxylic acids is 1. The van der Waals surface area contributed by atoms with Crippen molar-refractivity contribution in [2.75, 3.05) is 46.3 Å². The standard InChI is InChI=1S/C17H27N3O2S/c1-12(2)16-8-13(11-23-16)17(22)20-9-14(15(21)10-20)19-6-4-18(3)5-7-19/h8,11-12,14-15,21H,4-7,9-10H2,1-3H3/t14-,15-/m1/s1. The number of likely N-dealkylation sites (N-methyl/N-ethyl adjacent to an activating group) is 1. The van der Waals surface area contributed by atoms with Crippen LogP contribution < -0.4 is 0 Å². The van der Waals surface area contributed by atoms with Gasteiger partial charge in [-0.25, -0.2) is 0 Å². The van der Waals surface area contributed by atoms with Crippen LogP contribution in [0.5, 0.6) is 0 Å². The van der Waals surface area contributed by atoms with E-state index in [1.165, 1.54) is 4.88 Å². The topological polar surface area (TPSA) is 47.0 Å². The van der Waals surface area contributed by atoms with E-state index in [0.717, 1.165) is 31.7 Å². The van der Waals surface area contributed by atoms with E-state index >= 15 is 0 Å². The average Bonchev–Trinajstić information content (AvgIpc) is 3.14. The highest BCUT2D eigenvalue weighted by Gasteiger charge is 2.38. The fourth-order valence-corrected chi connectivity index (χ4v) is 4.30. The largest absolute Gasteiger partial charge is 0.390 e. The van der Waals surface area contributed by atoms with E-state index in [2.05, 4.69) is 30.7 Å². The molecule has 23 heavy (non-hydrogen) atoms. The van der Waals surface area contributed by atoms with Crippen LogP contribution in [-0.2, 0) is 0 Å². The Kier molecular flexibility index (Phi) is 5.06. The summed E-state index contributed by atoms with van der Waals surface area (Å²) in [5.41, 5.74) is 0.768. The smallest absolute Gasteiger partial charge is 0.254 e. The van der Waals surface area contributed by atoms with Crippen LogP contribution in [-0.4, -0.2) is 84.2 Å². The van der Waals surface area contributed by atoms with Crippen molar-refractivity contribution in [2.24, 2.45) is 0 Å². The van der Waals surface area contributed by atoms with E-state index in [9.17, 15) is 9.90 Å². The van der Waals surface area contributed by atoms with Crippen LogP contribution in [0.1, 0.15) is 35.0 Å². The van der Waals surface area contributed by atoms with Crippen molar-refractivity contribution >= 4 is 17.2 Å². The van der Waals surface area contributed by atoms with Gasteiger partial charge in [-0.3, -0.25) is 9.69 Å². The number of nitrogens with zero attached hydrogens (tertiary/aromatic N) is 3. The fraction of sp³-hybridized carbons (Fsp3) is 0.706. The second kappa shape index (κ2) is 6.89. The fourth-order valence-electron chi connectivity index (χ4n) is 3.40. The molecule has 2 saturated heterocycles. The molecule has 1 amide bonds. The molecule has 3 rings (SSSR count). The Hall–Kier alpha value is -0.950. The number of piperazine rings is 1. The summed E-state index contributed by atoms with van der Waals surface area (Å²) >= 11 is 1.65. The number of rotatable bonds is 3. The Bertz CT molecular complexity index is 552. The summed E-state index contributed by atoms with van der Waals surface area (Å²) in [4.78, 5) is 20.4. The van der Waals surface area contributed by atoms with Crippen molar-refractivity contribution in [3.8, 4) is 0 Å². The van der Waals surface area contributed by atoms with Crippen LogP contribution in [0.25, 0.3) is 0 Å². The number of amides is 1. The number of hydrogen-bond donors (Lipinski definition) is 1. The molecule has 2 aliphatic heterocycles. The lowest BCUT2D eigenvalue weighted by Gasteiger charge is -2.37. The summed E-state index contributed by atoms with van der Waals surface area (Å²) in [6.07, 6.45) is -0.439. The minimum Gasteiger partial charge on any atom is -0.390 e. The highest BCUT2D eigenvalue weighted by molar-refractivity contribution is 7.10. The summed E-state index contributed by atoms with van der Waals surface area (Å²) in [7, 11) is 2.13. The van der Waals surface area contributed by atoms with Crippen molar-refractivity contribution in [2.45, 2.75) is 31.9 Å². The SMILES string of the molecule is CC(C)c1cc(C(=O)N2C[C@@H](O)[C@H](N3CCN(C)CC3)C2)cs1. The molecule has 0 aromatic carbocycles. The minimum atomic E-state index is -0.439. The Morgan fingerprint density at radius 2 is 1.96 bits per heavy atom. The van der Waals surface area contributed by atoms with Gasteiger partial charge in [0.2, 0.25) is 0 Å². The minimum absolute atomic E-state index is 0.0591. The number of likely N-dealkylation sites (tertiary alicyclic amines) is 1. The molecule has 2 atom stereocenters. The van der Waals surface area contributed by atoms with Crippen LogP contribution in [0.15, 0.2) is 11.4 Å². The molecule has 0 unspecified atom stereocenters. The lowest BCUT2D eigenvalue weighted by atomic mass is 10.1. The van der Waals surface area contributed by atoms with Gasteiger partial charge in [0, 0.05) is 49.5 Å². The lowest BCUT2D eigenvalue weighted by Crippen LogP contribution is -2.52. The summed E-state index contributed by atoms with van der Waals surface area (Å²) in [5, 5.41) is 12.4. The van der Waals surface area contributed by atoms with Gasteiger partial charge >= 0.3 is 0 Å². The van der Waals surface area contributed by atoms with Crippen molar-refractivity contribution in [1.29, 1.82) is 0 Å². The predicted molar refractivity (Wildman–Crippen MR) is 93.2 cm³/mol. The molecule has 0 saturated carbocycles. The van der Waals surface area contributed by atoms with Crippen LogP contribution in [0, 0.1) is 0 Å². The maximum absolute atomic E-state index is 12.7. The van der Waals surface area contributed by atoms with E-state index in [1.807, 2.05) is 16.3 Å². The van der Waals surface area contributed by atoms with E-state index in [0.29, 0.717) is 19.0 Å². The van der Waals surface area contributed by atoms with Gasteiger partial charge in [0.15, 0.2) is 0 Å². The molecule has 128 valence electrons. The van der Waals surface area contributed by atoms with Crippen LogP contribution in [0.2, 0.25) is 0 Å². The molecule has 1 N–H and O–H groups in total. The van der Waals surface area contributed by atoms with Gasteiger partial charge in [0.1, 0.15) is 0 Å². The van der Waals surface area contributed by atoms with E-state index in [4.69, 9.17) is 0 Å². The Morgan fingerprint density at radius 3 is 2.57 bits per heavy atom. The monoisotopic (exact) mass is 337 g/mol. The average molecular weight is 337 g/mol. The summed E-state index contributed by atoms with van der Waals surface area (Å²) in [6.45, 7) is 9.36. The number of β-amino-alcohol motifs (C(OH)–C–C–N with tert-alkyl or cyclic N) is 1. The molecule has 6 heteroatoms. The number of aliphatic hydroxyl groups excluding tert-OH is 1. The zero-order valence-electron chi connectivity index (χ0n) is 14.2. The highest BCUT2D eigenvalue weighted by atomic mass is 32.1. The molecule has 2 aliphatic rings. The van der Waals surface area contributed by atoms with Gasteiger partial charge in [-0.15, -0.1) is 11.3 Å². The van der Waals surface area contributed by atoms with Crippen LogP contribution in [0.3, 0.4) is 0 Å². The lowest BCUT2D eigenvalue weighted by molar-refractivity contribution is 0.0512. The quantitative estimate of drug-likeness (QED) is 0.903. The Labute approximate surface area is 142 Å². The first kappa shape index (κ1) is 16.9. The van der Waals surface area contributed by atoms with Gasteiger partial charge in [0.25, 0.3) is 5.91 Å². The van der Waals surface area contributed by atoms with Crippen molar-refractivity contribution in [1.82, 2.24) is 14.7 Å². The Balaban J connectivity index is 1.64. The summed E-state index contributed by atoms with van der Waals surface area (Å²) in [6, 6.07) is 2.09. The highest BCUT2D eigenvalue weighted by Crippen LogP contribution is 2.26. The van der Waals surface area contributed by atoms with Crippen molar-refractivity contribution in [3.05, 3.63) is 21.9 Å². The maximum Gasteiger partial charge on any atom is 0.254 e. The molecule has 0 bridgehead atoms. The zero-order chi connectivity index (χ0) is 16.6. The van der Waals surface area contributed by atoms with Gasteiger partial charge in [-0.1, -0.05) is 13.8 Å². The molecular weight excluding hydrogens is 310 g/mol. The zero-order valence-corrected chi connectivity index (χ0v) is 15.1. The molecule has 5 nitrogen and oxygen atoms in total. The van der Waals surface area contributed by atoms with Gasteiger partial charge in [-0.2, -0.15) is 0 Å². The summed E-state index contributed by atoms with van der Waals surface area (Å²) in [5.74, 6) is 0.507. The van der Waals surface area contributed by atoms with Crippen LogP contribution in [0.4, 0.5) is 0 Å². The van der Waals surface area contributed by atoms with Crippen LogP contribution >= 0.6 is 11.3 Å². The van der Waals surface area contributed by atoms with Gasteiger partial charge in [0.05, 0.1) is 17.7 Å². The third-order valence-corrected chi connectivity index (χ3v) is 6.22. The van der Waals surface area contributed by atoms with Gasteiger partial charge < -0.3 is 14.9 Å². The first-order valence-electron chi connectivity index (χ1n) is 8.44. The van der Waals surface area contributed by atoms with E-state index < -0.39 is 6.10 Å². The van der Waals surface area contributed by atoms with Crippen molar-refractivity contribution in [3.63, 3.8) is 0 Å². The first-order valence-corrected chi connectivity index (χ1v) is 9.32. The molecule has 0 radical (unpaired) electrons. The first-order chi connectivity index (χ1) is 11.0. The maximum atomic E-state index is 12.7. The third kappa shape index (κ3) is 3.60. The third-order valence-electron chi connectivity index (χ3n) is 4.99. The van der Waals surface area contributed by atoms with E-state index in [1.54, 1.807) is 11.3 Å². The number of hydrogen-bond acceptors (Lipinski definition) is 5. The molecule has 1 aromatic rings. The molecule has 0 spiro atoms.